The van der Waals surface area contributed by atoms with Gasteiger partial charge in [0.15, 0.2) is 5.78 Å². The van der Waals surface area contributed by atoms with E-state index in [1.165, 1.54) is 19.1 Å². The van der Waals surface area contributed by atoms with Gasteiger partial charge in [-0.25, -0.2) is 4.39 Å². The van der Waals surface area contributed by atoms with Gasteiger partial charge in [-0.05, 0) is 71.7 Å². The fourth-order valence-corrected chi connectivity index (χ4v) is 2.34. The molecule has 0 aromatic heterocycles. The van der Waals surface area contributed by atoms with Crippen molar-refractivity contribution in [2.75, 3.05) is 0 Å². The molecule has 0 aliphatic heterocycles. The lowest BCUT2D eigenvalue weighted by molar-refractivity contribution is 0.101. The first-order valence-corrected chi connectivity index (χ1v) is 6.51. The van der Waals surface area contributed by atoms with Crippen LogP contribution in [0.5, 0.6) is 11.5 Å². The number of halogens is 2. The van der Waals surface area contributed by atoms with Crippen molar-refractivity contribution in [2.45, 2.75) is 13.8 Å². The highest BCUT2D eigenvalue weighted by Gasteiger charge is 2.08. The third-order valence-corrected chi connectivity index (χ3v) is 3.34. The number of rotatable bonds is 3. The Morgan fingerprint density at radius 2 is 1.95 bits per heavy atom. The fourth-order valence-electron chi connectivity index (χ4n) is 1.70. The van der Waals surface area contributed by atoms with Crippen molar-refractivity contribution in [1.29, 1.82) is 0 Å². The molecule has 98 valence electrons. The molecule has 2 nitrogen and oxygen atoms in total. The molecule has 0 saturated carbocycles. The number of hydrogen-bond acceptors (Lipinski definition) is 2. The first-order chi connectivity index (χ1) is 8.97. The van der Waals surface area contributed by atoms with Crippen LogP contribution in [-0.4, -0.2) is 5.78 Å². The molecular weight excluding hydrogens is 311 g/mol. The third kappa shape index (κ3) is 3.20. The molecule has 0 aliphatic carbocycles. The maximum absolute atomic E-state index is 13.0. The van der Waals surface area contributed by atoms with Crippen LogP contribution in [0.25, 0.3) is 0 Å². The highest BCUT2D eigenvalue weighted by molar-refractivity contribution is 9.10. The van der Waals surface area contributed by atoms with E-state index < -0.39 is 0 Å². The molecule has 19 heavy (non-hydrogen) atoms. The average molecular weight is 323 g/mol. The number of hydrogen-bond donors (Lipinski definition) is 0. The van der Waals surface area contributed by atoms with Crippen molar-refractivity contribution in [2.24, 2.45) is 0 Å². The zero-order valence-electron chi connectivity index (χ0n) is 10.5. The largest absolute Gasteiger partial charge is 0.457 e. The lowest BCUT2D eigenvalue weighted by atomic mass is 10.1. The lowest BCUT2D eigenvalue weighted by Crippen LogP contribution is -1.94. The lowest BCUT2D eigenvalue weighted by Gasteiger charge is -2.10. The molecule has 0 saturated heterocycles. The Morgan fingerprint density at radius 3 is 2.53 bits per heavy atom. The van der Waals surface area contributed by atoms with Crippen molar-refractivity contribution >= 4 is 21.7 Å². The molecule has 2 aromatic rings. The van der Waals surface area contributed by atoms with Gasteiger partial charge in [0, 0.05) is 10.0 Å². The van der Waals surface area contributed by atoms with Gasteiger partial charge in [-0.15, -0.1) is 0 Å². The van der Waals surface area contributed by atoms with E-state index >= 15 is 0 Å². The van der Waals surface area contributed by atoms with E-state index in [1.54, 1.807) is 31.2 Å². The maximum atomic E-state index is 13.0. The molecule has 2 rings (SSSR count). The molecule has 0 aliphatic rings. The third-order valence-electron chi connectivity index (χ3n) is 2.68. The SMILES string of the molecule is CC(=O)c1ccc(Oc2ccc(F)cc2C)cc1Br. The molecule has 0 radical (unpaired) electrons. The van der Waals surface area contributed by atoms with Gasteiger partial charge in [0.2, 0.25) is 0 Å². The Hall–Kier alpha value is -1.68. The Balaban J connectivity index is 2.29. The summed E-state index contributed by atoms with van der Waals surface area (Å²) >= 11 is 3.33. The van der Waals surface area contributed by atoms with Crippen LogP contribution in [0.15, 0.2) is 40.9 Å². The summed E-state index contributed by atoms with van der Waals surface area (Å²) in [5.41, 5.74) is 1.31. The van der Waals surface area contributed by atoms with Gasteiger partial charge < -0.3 is 4.74 Å². The quantitative estimate of drug-likeness (QED) is 0.752. The zero-order chi connectivity index (χ0) is 14.0. The molecule has 0 atom stereocenters. The Labute approximate surface area is 119 Å². The first-order valence-electron chi connectivity index (χ1n) is 5.72. The van der Waals surface area contributed by atoms with Gasteiger partial charge >= 0.3 is 0 Å². The molecule has 0 heterocycles. The molecule has 0 N–H and O–H groups in total. The van der Waals surface area contributed by atoms with Crippen molar-refractivity contribution in [3.63, 3.8) is 0 Å². The Kier molecular flexibility index (Phi) is 4.00. The van der Waals surface area contributed by atoms with Gasteiger partial charge in [0.05, 0.1) is 0 Å². The standard InChI is InChI=1S/C15H12BrFO2/c1-9-7-11(17)3-6-15(9)19-12-4-5-13(10(2)18)14(16)8-12/h3-8H,1-2H3. The summed E-state index contributed by atoms with van der Waals surface area (Å²) in [6.07, 6.45) is 0. The van der Waals surface area contributed by atoms with Crippen molar-refractivity contribution < 1.29 is 13.9 Å². The van der Waals surface area contributed by atoms with Crippen molar-refractivity contribution in [1.82, 2.24) is 0 Å². The molecule has 0 fully saturated rings. The smallest absolute Gasteiger partial charge is 0.160 e. The van der Waals surface area contributed by atoms with Gasteiger partial charge in [-0.3, -0.25) is 4.79 Å². The highest BCUT2D eigenvalue weighted by Crippen LogP contribution is 2.29. The average Bonchev–Trinajstić information content (AvgIpc) is 2.32. The minimum atomic E-state index is -0.294. The summed E-state index contributed by atoms with van der Waals surface area (Å²) < 4.78 is 19.3. The second kappa shape index (κ2) is 5.53. The van der Waals surface area contributed by atoms with Gasteiger partial charge in [-0.2, -0.15) is 0 Å². The Bertz CT molecular complexity index is 638. The minimum Gasteiger partial charge on any atom is -0.457 e. The molecular formula is C15H12BrFO2. The summed E-state index contributed by atoms with van der Waals surface area (Å²) in [7, 11) is 0. The van der Waals surface area contributed by atoms with E-state index in [4.69, 9.17) is 4.74 Å². The molecule has 0 spiro atoms. The number of ketones is 1. The number of benzene rings is 2. The number of carbonyl (C=O) groups is 1. The maximum Gasteiger partial charge on any atom is 0.160 e. The van der Waals surface area contributed by atoms with Crippen LogP contribution in [-0.2, 0) is 0 Å². The predicted molar refractivity (Wildman–Crippen MR) is 75.4 cm³/mol. The number of ether oxygens (including phenoxy) is 1. The first kappa shape index (κ1) is 13.7. The summed E-state index contributed by atoms with van der Waals surface area (Å²) in [5.74, 6) is 0.866. The van der Waals surface area contributed by atoms with Crippen LogP contribution in [0, 0.1) is 12.7 Å². The number of carbonyl (C=O) groups excluding carboxylic acids is 1. The summed E-state index contributed by atoms with van der Waals surface area (Å²) in [5, 5.41) is 0. The normalized spacial score (nSPS) is 10.3. The number of aryl methyl sites for hydroxylation is 1. The molecule has 0 unspecified atom stereocenters. The molecule has 0 bridgehead atoms. The van der Waals surface area contributed by atoms with Gasteiger partial charge in [-0.1, -0.05) is 0 Å². The predicted octanol–water partition coefficient (Wildman–Crippen LogP) is 4.89. The molecule has 2 aromatic carbocycles. The van der Waals surface area contributed by atoms with Crippen LogP contribution >= 0.6 is 15.9 Å². The monoisotopic (exact) mass is 322 g/mol. The summed E-state index contributed by atoms with van der Waals surface area (Å²) in [6.45, 7) is 3.28. The van der Waals surface area contributed by atoms with Gasteiger partial charge in [0.25, 0.3) is 0 Å². The van der Waals surface area contributed by atoms with E-state index in [1.807, 2.05) is 0 Å². The Morgan fingerprint density at radius 1 is 1.21 bits per heavy atom. The topological polar surface area (TPSA) is 26.3 Å². The van der Waals surface area contributed by atoms with E-state index in [-0.39, 0.29) is 11.6 Å². The van der Waals surface area contributed by atoms with Crippen LogP contribution < -0.4 is 4.74 Å². The van der Waals surface area contributed by atoms with Crippen molar-refractivity contribution in [3.05, 3.63) is 57.8 Å². The van der Waals surface area contributed by atoms with E-state index in [2.05, 4.69) is 15.9 Å². The van der Waals surface area contributed by atoms with E-state index in [0.717, 1.165) is 0 Å². The summed E-state index contributed by atoms with van der Waals surface area (Å²) in [4.78, 5) is 11.3. The highest BCUT2D eigenvalue weighted by atomic mass is 79.9. The summed E-state index contributed by atoms with van der Waals surface area (Å²) in [6, 6.07) is 9.47. The van der Waals surface area contributed by atoms with Crippen LogP contribution in [0.2, 0.25) is 0 Å². The molecule has 4 heteroatoms. The number of Topliss-reactive ketones (excluding diaryl/α,β-unsaturated/α-hetero) is 1. The van der Waals surface area contributed by atoms with Crippen LogP contribution in [0.1, 0.15) is 22.8 Å². The van der Waals surface area contributed by atoms with Crippen molar-refractivity contribution in [3.8, 4) is 11.5 Å². The second-order valence-electron chi connectivity index (χ2n) is 4.21. The second-order valence-corrected chi connectivity index (χ2v) is 5.06. The van der Waals surface area contributed by atoms with Crippen LogP contribution in [0.3, 0.4) is 0 Å². The zero-order valence-corrected chi connectivity index (χ0v) is 12.1. The molecule has 0 amide bonds. The minimum absolute atomic E-state index is 0.0172. The van der Waals surface area contributed by atoms with E-state index in [0.29, 0.717) is 27.1 Å². The van der Waals surface area contributed by atoms with Crippen LogP contribution in [0.4, 0.5) is 4.39 Å². The van der Waals surface area contributed by atoms with Gasteiger partial charge in [0.1, 0.15) is 17.3 Å². The van der Waals surface area contributed by atoms with E-state index in [9.17, 15) is 9.18 Å². The fraction of sp³-hybridized carbons (Fsp3) is 0.133.